The lowest BCUT2D eigenvalue weighted by atomic mass is 9.83. The van der Waals surface area contributed by atoms with Crippen LogP contribution < -0.4 is 0 Å². The Bertz CT molecular complexity index is 1060. The second-order valence-corrected chi connectivity index (χ2v) is 6.92. The average Bonchev–Trinajstić information content (AvgIpc) is 3.04. The van der Waals surface area contributed by atoms with Gasteiger partial charge in [0, 0.05) is 26.1 Å². The monoisotopic (exact) mass is 350 g/mol. The van der Waals surface area contributed by atoms with Crippen molar-refractivity contribution < 1.29 is 18.9 Å². The van der Waals surface area contributed by atoms with Crippen molar-refractivity contribution in [1.82, 2.24) is 10.1 Å². The predicted molar refractivity (Wildman–Crippen MR) is 96.1 cm³/mol. The molecule has 1 atom stereocenters. The van der Waals surface area contributed by atoms with Gasteiger partial charge in [0.1, 0.15) is 17.3 Å². The molecule has 4 rings (SSSR count). The van der Waals surface area contributed by atoms with E-state index < -0.39 is 5.92 Å². The summed E-state index contributed by atoms with van der Waals surface area (Å²) >= 11 is 0. The maximum Gasteiger partial charge on any atom is 0.253 e. The number of nitrogens with zero attached hydrogens (tertiary/aromatic N) is 2. The number of fused-ring (bicyclic) bond motifs is 3. The van der Waals surface area contributed by atoms with Crippen LogP contribution in [-0.2, 0) is 9.59 Å². The molecule has 0 spiro atoms. The molecule has 0 bridgehead atoms. The minimum atomic E-state index is -0.414. The van der Waals surface area contributed by atoms with Crippen molar-refractivity contribution >= 4 is 39.2 Å². The first-order valence-corrected chi connectivity index (χ1v) is 8.54. The van der Waals surface area contributed by atoms with E-state index in [-0.39, 0.29) is 23.9 Å². The molecule has 0 unspecified atom stereocenters. The first kappa shape index (κ1) is 16.4. The molecule has 1 heterocycles. The third-order valence-electron chi connectivity index (χ3n) is 4.94. The van der Waals surface area contributed by atoms with Crippen LogP contribution in [-0.4, -0.2) is 41.6 Å². The summed E-state index contributed by atoms with van der Waals surface area (Å²) in [6.45, 7) is 0. The Morgan fingerprint density at radius 2 is 2.00 bits per heavy atom. The molecule has 1 fully saturated rings. The fourth-order valence-corrected chi connectivity index (χ4v) is 3.58. The highest BCUT2D eigenvalue weighted by Crippen LogP contribution is 2.36. The minimum absolute atomic E-state index is 0.0178. The van der Waals surface area contributed by atoms with Crippen LogP contribution in [0.15, 0.2) is 34.9 Å². The molecule has 132 valence electrons. The first-order chi connectivity index (χ1) is 12.5. The van der Waals surface area contributed by atoms with Gasteiger partial charge in [-0.3, -0.25) is 14.4 Å². The van der Waals surface area contributed by atoms with E-state index in [1.54, 1.807) is 26.2 Å². The Labute approximate surface area is 149 Å². The summed E-state index contributed by atoms with van der Waals surface area (Å²) in [4.78, 5) is 37.6. The lowest BCUT2D eigenvalue weighted by Gasteiger charge is -2.18. The van der Waals surface area contributed by atoms with Gasteiger partial charge in [0.2, 0.25) is 0 Å². The van der Waals surface area contributed by atoms with Crippen molar-refractivity contribution in [2.24, 2.45) is 0 Å². The number of benzene rings is 2. The van der Waals surface area contributed by atoms with Gasteiger partial charge in [-0.25, -0.2) is 0 Å². The molecule has 6 heteroatoms. The average molecular weight is 350 g/mol. The highest BCUT2D eigenvalue weighted by atomic mass is 16.5. The summed E-state index contributed by atoms with van der Waals surface area (Å²) in [5, 5.41) is 6.71. The lowest BCUT2D eigenvalue weighted by Crippen LogP contribution is -2.23. The van der Waals surface area contributed by atoms with Crippen molar-refractivity contribution in [3.05, 3.63) is 41.6 Å². The van der Waals surface area contributed by atoms with Crippen LogP contribution in [0.25, 0.3) is 21.7 Å². The van der Waals surface area contributed by atoms with Gasteiger partial charge in [0.05, 0.1) is 17.7 Å². The summed E-state index contributed by atoms with van der Waals surface area (Å²) in [6, 6.07) is 9.16. The molecule has 1 aromatic heterocycles. The number of amides is 1. The zero-order chi connectivity index (χ0) is 18.4. The third-order valence-corrected chi connectivity index (χ3v) is 4.94. The third kappa shape index (κ3) is 2.58. The van der Waals surface area contributed by atoms with E-state index in [0.717, 1.165) is 16.2 Å². The minimum Gasteiger partial charge on any atom is -0.356 e. The van der Waals surface area contributed by atoms with Gasteiger partial charge in [-0.1, -0.05) is 17.3 Å². The summed E-state index contributed by atoms with van der Waals surface area (Å²) in [5.41, 5.74) is 1.79. The number of rotatable bonds is 2. The smallest absolute Gasteiger partial charge is 0.253 e. The van der Waals surface area contributed by atoms with Gasteiger partial charge in [-0.2, -0.15) is 0 Å². The van der Waals surface area contributed by atoms with Gasteiger partial charge in [-0.05, 0) is 35.4 Å². The Kier molecular flexibility index (Phi) is 3.83. The van der Waals surface area contributed by atoms with Crippen LogP contribution in [0.1, 0.15) is 41.2 Å². The molecule has 1 aliphatic carbocycles. The van der Waals surface area contributed by atoms with Crippen LogP contribution in [0.3, 0.4) is 0 Å². The van der Waals surface area contributed by atoms with Crippen molar-refractivity contribution in [3.8, 4) is 0 Å². The molecule has 0 radical (unpaired) electrons. The second kappa shape index (κ2) is 6.05. The Hall–Kier alpha value is -3.02. The molecular weight excluding hydrogens is 332 g/mol. The fourth-order valence-electron chi connectivity index (χ4n) is 3.58. The standard InChI is InChI=1S/C20H18N2O4/c1-22(2)20(25)12-3-6-14-11(9-12)4-8-17-18(14)19(21-26-17)15-7-5-13(23)10-16(15)24/h3-4,6,8-9,15H,5,7,10H2,1-2H3/t15-/m1/s1. The number of hydrogen-bond acceptors (Lipinski definition) is 5. The molecule has 1 aliphatic rings. The Morgan fingerprint density at radius 3 is 2.73 bits per heavy atom. The van der Waals surface area contributed by atoms with E-state index in [1.807, 2.05) is 18.2 Å². The predicted octanol–water partition coefficient (Wildman–Crippen LogP) is 3.09. The van der Waals surface area contributed by atoms with Crippen LogP contribution in [0.2, 0.25) is 0 Å². The number of carbonyl (C=O) groups is 3. The molecule has 0 N–H and O–H groups in total. The summed E-state index contributed by atoms with van der Waals surface area (Å²) in [7, 11) is 3.42. The van der Waals surface area contributed by atoms with Gasteiger partial charge < -0.3 is 9.42 Å². The summed E-state index contributed by atoms with van der Waals surface area (Å²) < 4.78 is 5.44. The van der Waals surface area contributed by atoms with Crippen LogP contribution in [0, 0.1) is 0 Å². The molecule has 2 aromatic carbocycles. The van der Waals surface area contributed by atoms with E-state index in [4.69, 9.17) is 4.52 Å². The molecule has 3 aromatic rings. The number of ketones is 2. The second-order valence-electron chi connectivity index (χ2n) is 6.92. The van der Waals surface area contributed by atoms with E-state index in [9.17, 15) is 14.4 Å². The van der Waals surface area contributed by atoms with E-state index in [1.165, 1.54) is 4.90 Å². The maximum absolute atomic E-state index is 12.3. The number of Topliss-reactive ketones (excluding diaryl/α,β-unsaturated/α-hetero) is 2. The zero-order valence-electron chi connectivity index (χ0n) is 14.6. The van der Waals surface area contributed by atoms with E-state index >= 15 is 0 Å². The molecule has 26 heavy (non-hydrogen) atoms. The summed E-state index contributed by atoms with van der Waals surface area (Å²) in [6.07, 6.45) is 0.815. The SMILES string of the molecule is CN(C)C(=O)c1ccc2c(ccc3onc([C@@H]4CCC(=O)CC4=O)c32)c1. The van der Waals surface area contributed by atoms with Crippen molar-refractivity contribution in [1.29, 1.82) is 0 Å². The van der Waals surface area contributed by atoms with Crippen LogP contribution >= 0.6 is 0 Å². The first-order valence-electron chi connectivity index (χ1n) is 8.54. The quantitative estimate of drug-likeness (QED) is 0.664. The zero-order valence-corrected chi connectivity index (χ0v) is 14.6. The normalized spacial score (nSPS) is 17.8. The summed E-state index contributed by atoms with van der Waals surface area (Å²) in [5.74, 6) is -0.607. The lowest BCUT2D eigenvalue weighted by molar-refractivity contribution is -0.130. The molecule has 0 aliphatic heterocycles. The van der Waals surface area contributed by atoms with Crippen molar-refractivity contribution in [2.45, 2.75) is 25.2 Å². The molecule has 6 nitrogen and oxygen atoms in total. The fraction of sp³-hybridized carbons (Fsp3) is 0.300. The van der Waals surface area contributed by atoms with Gasteiger partial charge in [-0.15, -0.1) is 0 Å². The Balaban J connectivity index is 1.87. The van der Waals surface area contributed by atoms with Gasteiger partial charge in [0.15, 0.2) is 5.58 Å². The molecule has 1 saturated carbocycles. The topological polar surface area (TPSA) is 80.5 Å². The molecule has 0 saturated heterocycles. The molecule has 1 amide bonds. The maximum atomic E-state index is 12.3. The largest absolute Gasteiger partial charge is 0.356 e. The number of hydrogen-bond donors (Lipinski definition) is 0. The van der Waals surface area contributed by atoms with Gasteiger partial charge in [0.25, 0.3) is 5.91 Å². The van der Waals surface area contributed by atoms with Gasteiger partial charge >= 0.3 is 0 Å². The van der Waals surface area contributed by atoms with Crippen LogP contribution in [0.4, 0.5) is 0 Å². The van der Waals surface area contributed by atoms with Crippen molar-refractivity contribution in [3.63, 3.8) is 0 Å². The highest BCUT2D eigenvalue weighted by Gasteiger charge is 2.32. The Morgan fingerprint density at radius 1 is 1.19 bits per heavy atom. The highest BCUT2D eigenvalue weighted by molar-refractivity contribution is 6.12. The van der Waals surface area contributed by atoms with E-state index in [2.05, 4.69) is 5.16 Å². The molecular formula is C20H18N2O4. The number of carbonyl (C=O) groups excluding carboxylic acids is 3. The number of aromatic nitrogens is 1. The van der Waals surface area contributed by atoms with E-state index in [0.29, 0.717) is 29.7 Å². The van der Waals surface area contributed by atoms with Crippen LogP contribution in [0.5, 0.6) is 0 Å². The van der Waals surface area contributed by atoms with Crippen molar-refractivity contribution in [2.75, 3.05) is 14.1 Å².